The molecule has 0 saturated carbocycles. The van der Waals surface area contributed by atoms with E-state index in [1.54, 1.807) is 0 Å². The van der Waals surface area contributed by atoms with Gasteiger partial charge in [-0.3, -0.25) is 9.59 Å². The Hall–Kier alpha value is -1.70. The van der Waals surface area contributed by atoms with E-state index in [2.05, 4.69) is 16.6 Å². The van der Waals surface area contributed by atoms with Crippen molar-refractivity contribution in [1.82, 2.24) is 10.6 Å². The van der Waals surface area contributed by atoms with Crippen molar-refractivity contribution in [1.29, 1.82) is 0 Å². The van der Waals surface area contributed by atoms with Crippen LogP contribution >= 0.6 is 0 Å². The van der Waals surface area contributed by atoms with Crippen LogP contribution in [0.15, 0.2) is 0 Å². The van der Waals surface area contributed by atoms with Crippen LogP contribution in [0.2, 0.25) is 0 Å². The largest absolute Gasteiger partial charge is 0.377 e. The van der Waals surface area contributed by atoms with Crippen LogP contribution in [0.25, 0.3) is 0 Å². The molecule has 0 fully saturated rings. The minimum absolute atomic E-state index is 0.0643. The summed E-state index contributed by atoms with van der Waals surface area (Å²) in [5.74, 6) is 2.03. The molecule has 0 aromatic heterocycles. The molecule has 0 bridgehead atoms. The van der Waals surface area contributed by atoms with Crippen LogP contribution in [0.5, 0.6) is 0 Å². The normalized spacial score (nSPS) is 10.4. The number of amides is 2. The van der Waals surface area contributed by atoms with Crippen LogP contribution in [-0.4, -0.2) is 91.0 Å². The Bertz CT molecular complexity index is 413. The van der Waals surface area contributed by atoms with Crippen molar-refractivity contribution >= 4 is 11.8 Å². The second-order valence-corrected chi connectivity index (χ2v) is 5.28. The molecule has 0 spiro atoms. The van der Waals surface area contributed by atoms with Gasteiger partial charge >= 0.3 is 0 Å². The SMILES string of the molecule is C#CCC(=O)NCCOCCOCCOCCOCCOCCNC(C)=O. The summed E-state index contributed by atoms with van der Waals surface area (Å²) >= 11 is 0. The Kier molecular flexibility index (Phi) is 19.3. The first kappa shape index (κ1) is 25.3. The van der Waals surface area contributed by atoms with Crippen molar-refractivity contribution in [2.24, 2.45) is 0 Å². The van der Waals surface area contributed by atoms with Crippen LogP contribution in [-0.2, 0) is 33.3 Å². The van der Waals surface area contributed by atoms with Crippen LogP contribution in [0.1, 0.15) is 13.3 Å². The van der Waals surface area contributed by atoms with E-state index < -0.39 is 0 Å². The fourth-order valence-electron chi connectivity index (χ4n) is 1.70. The Labute approximate surface area is 161 Å². The number of carbonyl (C=O) groups is 2. The maximum atomic E-state index is 11.1. The minimum atomic E-state index is -0.173. The molecule has 27 heavy (non-hydrogen) atoms. The van der Waals surface area contributed by atoms with Crippen LogP contribution in [0.4, 0.5) is 0 Å². The summed E-state index contributed by atoms with van der Waals surface area (Å²) in [6, 6.07) is 0. The van der Waals surface area contributed by atoms with E-state index in [4.69, 9.17) is 30.1 Å². The minimum Gasteiger partial charge on any atom is -0.377 e. The Morgan fingerprint density at radius 3 is 1.44 bits per heavy atom. The second kappa shape index (κ2) is 20.6. The zero-order valence-electron chi connectivity index (χ0n) is 16.1. The molecule has 9 heteroatoms. The summed E-state index contributed by atoms with van der Waals surface area (Å²) in [4.78, 5) is 21.7. The monoisotopic (exact) mass is 388 g/mol. The predicted molar refractivity (Wildman–Crippen MR) is 99.2 cm³/mol. The molecule has 0 aliphatic carbocycles. The third-order valence-electron chi connectivity index (χ3n) is 2.94. The van der Waals surface area contributed by atoms with Crippen molar-refractivity contribution < 1.29 is 33.3 Å². The van der Waals surface area contributed by atoms with Crippen LogP contribution in [0, 0.1) is 12.3 Å². The quantitative estimate of drug-likeness (QED) is 0.224. The first-order valence-electron chi connectivity index (χ1n) is 9.00. The molecule has 0 aliphatic heterocycles. The van der Waals surface area contributed by atoms with Gasteiger partial charge in [0.05, 0.1) is 72.5 Å². The molecule has 9 nitrogen and oxygen atoms in total. The van der Waals surface area contributed by atoms with E-state index in [-0.39, 0.29) is 18.2 Å². The molecule has 0 saturated heterocycles. The van der Waals surface area contributed by atoms with E-state index in [9.17, 15) is 9.59 Å². The van der Waals surface area contributed by atoms with Gasteiger partial charge in [-0.15, -0.1) is 6.42 Å². The summed E-state index contributed by atoms with van der Waals surface area (Å²) < 4.78 is 26.6. The third kappa shape index (κ3) is 22.3. The van der Waals surface area contributed by atoms with Gasteiger partial charge in [0.1, 0.15) is 0 Å². The fourth-order valence-corrected chi connectivity index (χ4v) is 1.70. The molecule has 0 radical (unpaired) electrons. The lowest BCUT2D eigenvalue weighted by atomic mass is 10.4. The first-order chi connectivity index (χ1) is 13.2. The molecule has 0 rings (SSSR count). The van der Waals surface area contributed by atoms with Crippen molar-refractivity contribution in [2.75, 3.05) is 79.2 Å². The van der Waals surface area contributed by atoms with Crippen LogP contribution in [0.3, 0.4) is 0 Å². The standard InChI is InChI=1S/C18H32N2O7/c1-3-4-18(22)20-6-8-24-10-12-26-14-16-27-15-13-25-11-9-23-7-5-19-17(2)21/h1H,4-16H2,2H3,(H,19,21)(H,20,22). The topological polar surface area (TPSA) is 104 Å². The highest BCUT2D eigenvalue weighted by atomic mass is 16.6. The molecule has 0 unspecified atom stereocenters. The van der Waals surface area contributed by atoms with Gasteiger partial charge in [-0.05, 0) is 0 Å². The lowest BCUT2D eigenvalue weighted by molar-refractivity contribution is -0.120. The molecule has 0 atom stereocenters. The Morgan fingerprint density at radius 1 is 0.704 bits per heavy atom. The van der Waals surface area contributed by atoms with E-state index >= 15 is 0 Å². The number of ether oxygens (including phenoxy) is 5. The van der Waals surface area contributed by atoms with Gasteiger partial charge in [-0.25, -0.2) is 0 Å². The van der Waals surface area contributed by atoms with Gasteiger partial charge in [0, 0.05) is 20.0 Å². The maximum absolute atomic E-state index is 11.1. The summed E-state index contributed by atoms with van der Waals surface area (Å²) in [7, 11) is 0. The summed E-state index contributed by atoms with van der Waals surface area (Å²) in [6.45, 7) is 7.14. The zero-order valence-corrected chi connectivity index (χ0v) is 16.1. The number of carbonyl (C=O) groups excluding carboxylic acids is 2. The van der Waals surface area contributed by atoms with Crippen molar-refractivity contribution in [3.63, 3.8) is 0 Å². The summed E-state index contributed by atoms with van der Waals surface area (Å²) in [6.07, 6.45) is 5.10. The van der Waals surface area contributed by atoms with Crippen molar-refractivity contribution in [2.45, 2.75) is 13.3 Å². The number of terminal acetylenes is 1. The summed E-state index contributed by atoms with van der Waals surface area (Å²) in [5.41, 5.74) is 0. The molecular formula is C18H32N2O7. The highest BCUT2D eigenvalue weighted by Crippen LogP contribution is 1.84. The van der Waals surface area contributed by atoms with Gasteiger partial charge in [0.25, 0.3) is 0 Å². The molecule has 0 aromatic rings. The predicted octanol–water partition coefficient (Wildman–Crippen LogP) is -0.655. The molecule has 156 valence electrons. The number of hydrogen-bond acceptors (Lipinski definition) is 7. The van der Waals surface area contributed by atoms with Gasteiger partial charge in [0.15, 0.2) is 0 Å². The number of hydrogen-bond donors (Lipinski definition) is 2. The molecule has 0 aromatic carbocycles. The lowest BCUT2D eigenvalue weighted by Crippen LogP contribution is -2.27. The molecular weight excluding hydrogens is 356 g/mol. The fraction of sp³-hybridized carbons (Fsp3) is 0.778. The number of rotatable bonds is 19. The van der Waals surface area contributed by atoms with Crippen molar-refractivity contribution in [3.8, 4) is 12.3 Å². The Balaban J connectivity index is 3.06. The van der Waals surface area contributed by atoms with E-state index in [1.165, 1.54) is 6.92 Å². The van der Waals surface area contributed by atoms with Crippen molar-refractivity contribution in [3.05, 3.63) is 0 Å². The van der Waals surface area contributed by atoms with Gasteiger partial charge in [-0.1, -0.05) is 5.92 Å². The molecule has 2 amide bonds. The average molecular weight is 388 g/mol. The van der Waals surface area contributed by atoms with E-state index in [0.717, 1.165) is 0 Å². The van der Waals surface area contributed by atoms with E-state index in [0.29, 0.717) is 79.2 Å². The van der Waals surface area contributed by atoms with E-state index in [1.807, 2.05) is 0 Å². The first-order valence-corrected chi connectivity index (χ1v) is 9.00. The highest BCUT2D eigenvalue weighted by Gasteiger charge is 1.97. The Morgan fingerprint density at radius 2 is 1.07 bits per heavy atom. The molecule has 0 heterocycles. The summed E-state index contributed by atoms with van der Waals surface area (Å²) in [5, 5.41) is 5.28. The maximum Gasteiger partial charge on any atom is 0.232 e. The third-order valence-corrected chi connectivity index (χ3v) is 2.94. The van der Waals surface area contributed by atoms with Gasteiger partial charge in [0.2, 0.25) is 11.8 Å². The second-order valence-electron chi connectivity index (χ2n) is 5.28. The van der Waals surface area contributed by atoms with Gasteiger partial charge in [-0.2, -0.15) is 0 Å². The van der Waals surface area contributed by atoms with Crippen LogP contribution < -0.4 is 10.6 Å². The smallest absolute Gasteiger partial charge is 0.232 e. The highest BCUT2D eigenvalue weighted by molar-refractivity contribution is 5.78. The zero-order chi connectivity index (χ0) is 20.0. The lowest BCUT2D eigenvalue weighted by Gasteiger charge is -2.08. The molecule has 2 N–H and O–H groups in total. The van der Waals surface area contributed by atoms with Gasteiger partial charge < -0.3 is 34.3 Å². The number of nitrogens with one attached hydrogen (secondary N) is 2. The molecule has 0 aliphatic rings. The average Bonchev–Trinajstić information content (AvgIpc) is 2.63.